The molecule has 0 spiro atoms. The lowest BCUT2D eigenvalue weighted by Crippen LogP contribution is -2.45. The summed E-state index contributed by atoms with van der Waals surface area (Å²) in [7, 11) is -1.69. The average molecular weight is 608 g/mol. The number of sulfonamides is 1. The van der Waals surface area contributed by atoms with Crippen molar-refractivity contribution in [1.29, 1.82) is 0 Å². The number of fused-ring (bicyclic) bond motifs is 1. The third-order valence-corrected chi connectivity index (χ3v) is 8.69. The maximum atomic E-state index is 14.2. The molecule has 1 aliphatic heterocycles. The lowest BCUT2D eigenvalue weighted by atomic mass is 9.94. The van der Waals surface area contributed by atoms with Crippen LogP contribution >= 0.6 is 23.2 Å². The normalized spacial score (nSPS) is 15.5. The molecule has 0 saturated carbocycles. The molecule has 1 aliphatic rings. The Kier molecular flexibility index (Phi) is 7.94. The standard InChI is InChI=1S/C27H28Cl2N4O6S/c1-16-23(25(34)31(5)40(36,37)19-10-8-18(38-6)9-11-19)24(17-7-12-20(28)21(29)15-17)33-22(13-14-30-33)32(16)26(35)39-27(2,3)4/h7-15,24H,1-6H3. The zero-order chi connectivity index (χ0) is 29.6. The van der Waals surface area contributed by atoms with E-state index in [-0.39, 0.29) is 21.2 Å². The Bertz CT molecular complexity index is 1610. The van der Waals surface area contributed by atoms with E-state index in [2.05, 4.69) is 5.10 Å². The Hall–Kier alpha value is -3.54. The van der Waals surface area contributed by atoms with Crippen LogP contribution in [0.4, 0.5) is 10.6 Å². The van der Waals surface area contributed by atoms with Crippen molar-refractivity contribution in [3.63, 3.8) is 0 Å². The lowest BCUT2D eigenvalue weighted by Gasteiger charge is -2.37. The number of rotatable bonds is 5. The van der Waals surface area contributed by atoms with Gasteiger partial charge in [-0.2, -0.15) is 5.10 Å². The second kappa shape index (κ2) is 10.8. The molecule has 212 valence electrons. The minimum atomic E-state index is -4.30. The summed E-state index contributed by atoms with van der Waals surface area (Å²) in [6.07, 6.45) is 0.709. The number of hydrogen-bond acceptors (Lipinski definition) is 7. The van der Waals surface area contributed by atoms with Crippen molar-refractivity contribution in [1.82, 2.24) is 14.1 Å². The largest absolute Gasteiger partial charge is 0.497 e. The highest BCUT2D eigenvalue weighted by atomic mass is 35.5. The second-order valence-corrected chi connectivity index (χ2v) is 12.8. The van der Waals surface area contributed by atoms with Crippen molar-refractivity contribution in [2.75, 3.05) is 19.1 Å². The van der Waals surface area contributed by atoms with Gasteiger partial charge in [-0.1, -0.05) is 29.3 Å². The molecule has 2 aromatic carbocycles. The summed E-state index contributed by atoms with van der Waals surface area (Å²) in [5, 5.41) is 4.91. The van der Waals surface area contributed by atoms with Crippen molar-refractivity contribution in [2.45, 2.75) is 44.2 Å². The molecule has 0 bridgehead atoms. The first-order valence-electron chi connectivity index (χ1n) is 12.1. The zero-order valence-corrected chi connectivity index (χ0v) is 25.0. The number of nitrogens with zero attached hydrogens (tertiary/aromatic N) is 4. The van der Waals surface area contributed by atoms with Crippen molar-refractivity contribution in [3.8, 4) is 5.75 Å². The molecule has 0 saturated heterocycles. The van der Waals surface area contributed by atoms with Crippen LogP contribution in [0, 0.1) is 0 Å². The van der Waals surface area contributed by atoms with E-state index in [4.69, 9.17) is 32.7 Å². The fourth-order valence-electron chi connectivity index (χ4n) is 4.28. The van der Waals surface area contributed by atoms with Crippen molar-refractivity contribution < 1.29 is 27.5 Å². The van der Waals surface area contributed by atoms with Gasteiger partial charge in [0.15, 0.2) is 0 Å². The van der Waals surface area contributed by atoms with Gasteiger partial charge in [-0.15, -0.1) is 0 Å². The lowest BCUT2D eigenvalue weighted by molar-refractivity contribution is -0.122. The summed E-state index contributed by atoms with van der Waals surface area (Å²) in [4.78, 5) is 28.6. The molecule has 0 radical (unpaired) electrons. The van der Waals surface area contributed by atoms with Crippen LogP contribution in [0.25, 0.3) is 0 Å². The van der Waals surface area contributed by atoms with E-state index in [9.17, 15) is 18.0 Å². The number of anilines is 1. The quantitative estimate of drug-likeness (QED) is 0.368. The average Bonchev–Trinajstić information content (AvgIpc) is 3.36. The number of benzene rings is 2. The number of ether oxygens (including phenoxy) is 2. The monoisotopic (exact) mass is 606 g/mol. The third-order valence-electron chi connectivity index (χ3n) is 6.19. The molecule has 0 N–H and O–H groups in total. The summed E-state index contributed by atoms with van der Waals surface area (Å²) in [6, 6.07) is 11.1. The molecule has 0 fully saturated rings. The van der Waals surface area contributed by atoms with Gasteiger partial charge in [0.25, 0.3) is 15.9 Å². The Balaban J connectivity index is 1.90. The fourth-order valence-corrected chi connectivity index (χ4v) is 5.70. The van der Waals surface area contributed by atoms with Crippen LogP contribution in [-0.4, -0.2) is 54.3 Å². The van der Waals surface area contributed by atoms with Crippen molar-refractivity contribution in [2.24, 2.45) is 0 Å². The number of amides is 2. The van der Waals surface area contributed by atoms with Crippen LogP contribution in [0.3, 0.4) is 0 Å². The molecule has 3 aromatic rings. The van der Waals surface area contributed by atoms with E-state index in [0.29, 0.717) is 26.5 Å². The summed E-state index contributed by atoms with van der Waals surface area (Å²) in [5.41, 5.74) is -0.206. The van der Waals surface area contributed by atoms with Crippen LogP contribution in [-0.2, 0) is 19.6 Å². The second-order valence-electron chi connectivity index (χ2n) is 9.98. The molecule has 10 nitrogen and oxygen atoms in total. The number of halogens is 2. The van der Waals surface area contributed by atoms with Crippen molar-refractivity contribution in [3.05, 3.63) is 81.6 Å². The molecular weight excluding hydrogens is 579 g/mol. The van der Waals surface area contributed by atoms with Gasteiger partial charge in [-0.05, 0) is 69.7 Å². The van der Waals surface area contributed by atoms with E-state index < -0.39 is 33.7 Å². The predicted molar refractivity (Wildman–Crippen MR) is 151 cm³/mol. The van der Waals surface area contributed by atoms with Crippen LogP contribution in [0.15, 0.2) is 70.9 Å². The topological polar surface area (TPSA) is 111 Å². The van der Waals surface area contributed by atoms with Gasteiger partial charge in [0, 0.05) is 18.8 Å². The van der Waals surface area contributed by atoms with E-state index in [1.807, 2.05) is 0 Å². The predicted octanol–water partition coefficient (Wildman–Crippen LogP) is 5.66. The molecule has 4 rings (SSSR count). The number of likely N-dealkylation sites (N-methyl/N-ethyl adjacent to an activating group) is 1. The molecule has 1 unspecified atom stereocenters. The van der Waals surface area contributed by atoms with Gasteiger partial charge in [-0.25, -0.2) is 27.1 Å². The number of carbonyl (C=O) groups is 2. The first-order chi connectivity index (χ1) is 18.7. The first kappa shape index (κ1) is 29.4. The van der Waals surface area contributed by atoms with Crippen LogP contribution in [0.1, 0.15) is 39.3 Å². The third kappa shape index (κ3) is 5.41. The minimum absolute atomic E-state index is 0.0277. The number of allylic oxidation sites excluding steroid dienone is 1. The summed E-state index contributed by atoms with van der Waals surface area (Å²) in [6.45, 7) is 6.69. The molecule has 1 aromatic heterocycles. The Morgan fingerprint density at radius 3 is 2.25 bits per heavy atom. The number of aromatic nitrogens is 2. The zero-order valence-electron chi connectivity index (χ0n) is 22.7. The summed E-state index contributed by atoms with van der Waals surface area (Å²) >= 11 is 12.5. The van der Waals surface area contributed by atoms with E-state index in [1.165, 1.54) is 47.2 Å². The SMILES string of the molecule is COc1ccc(S(=O)(=O)N(C)C(=O)C2=C(C)N(C(=O)OC(C)(C)C)c3ccnn3C2c2ccc(Cl)c(Cl)c2)cc1. The highest BCUT2D eigenvalue weighted by Crippen LogP contribution is 2.42. The highest BCUT2D eigenvalue weighted by molar-refractivity contribution is 7.89. The molecule has 40 heavy (non-hydrogen) atoms. The van der Waals surface area contributed by atoms with E-state index in [0.717, 1.165) is 7.05 Å². The molecule has 0 aliphatic carbocycles. The Labute approximate surface area is 242 Å². The van der Waals surface area contributed by atoms with Crippen LogP contribution in [0.5, 0.6) is 5.75 Å². The van der Waals surface area contributed by atoms with E-state index in [1.54, 1.807) is 52.0 Å². The first-order valence-corrected chi connectivity index (χ1v) is 14.3. The Morgan fingerprint density at radius 2 is 1.68 bits per heavy atom. The van der Waals surface area contributed by atoms with Gasteiger partial charge in [-0.3, -0.25) is 4.79 Å². The molecule has 13 heteroatoms. The summed E-state index contributed by atoms with van der Waals surface area (Å²) in [5.74, 6) is -0.100. The number of carbonyl (C=O) groups excluding carboxylic acids is 2. The van der Waals surface area contributed by atoms with Gasteiger partial charge in [0.2, 0.25) is 0 Å². The molecular formula is C27H28Cl2N4O6S. The van der Waals surface area contributed by atoms with Crippen molar-refractivity contribution >= 4 is 51.0 Å². The van der Waals surface area contributed by atoms with Crippen LogP contribution < -0.4 is 9.64 Å². The van der Waals surface area contributed by atoms with Gasteiger partial charge < -0.3 is 9.47 Å². The molecule has 2 amide bonds. The maximum absolute atomic E-state index is 14.2. The maximum Gasteiger partial charge on any atom is 0.420 e. The van der Waals surface area contributed by atoms with Gasteiger partial charge >= 0.3 is 6.09 Å². The number of hydrogen-bond donors (Lipinski definition) is 0. The van der Waals surface area contributed by atoms with Gasteiger partial charge in [0.1, 0.15) is 23.2 Å². The van der Waals surface area contributed by atoms with Gasteiger partial charge in [0.05, 0.1) is 33.8 Å². The van der Waals surface area contributed by atoms with Crippen LogP contribution in [0.2, 0.25) is 10.0 Å². The smallest absolute Gasteiger partial charge is 0.420 e. The fraction of sp³-hybridized carbons (Fsp3) is 0.296. The minimum Gasteiger partial charge on any atom is -0.497 e. The number of methoxy groups -OCH3 is 1. The molecule has 2 heterocycles. The Morgan fingerprint density at radius 1 is 1.02 bits per heavy atom. The van der Waals surface area contributed by atoms with E-state index >= 15 is 0 Å². The molecule has 1 atom stereocenters. The highest BCUT2D eigenvalue weighted by Gasteiger charge is 2.42. The summed E-state index contributed by atoms with van der Waals surface area (Å²) < 4.78 is 39.9.